The Morgan fingerprint density at radius 1 is 1.31 bits per heavy atom. The van der Waals surface area contributed by atoms with Crippen LogP contribution in [0.15, 0.2) is 58.0 Å². The molecule has 0 saturated carbocycles. The third kappa shape index (κ3) is 2.69. The van der Waals surface area contributed by atoms with Gasteiger partial charge >= 0.3 is 5.63 Å². The number of aromatic hydroxyl groups is 1. The molecular weight excluding hydrogens is 334 g/mol. The summed E-state index contributed by atoms with van der Waals surface area (Å²) in [5.41, 5.74) is 2.04. The molecule has 7 nitrogen and oxygen atoms in total. The molecule has 2 N–H and O–H groups in total. The first-order valence-corrected chi connectivity index (χ1v) is 8.00. The molecule has 0 radical (unpaired) electrons. The van der Waals surface area contributed by atoms with Gasteiger partial charge < -0.3 is 14.8 Å². The van der Waals surface area contributed by atoms with Crippen LogP contribution in [-0.4, -0.2) is 20.6 Å². The topological polar surface area (TPSA) is 96.8 Å². The number of aromatic nitrogens is 2. The van der Waals surface area contributed by atoms with Crippen LogP contribution in [0.4, 0.5) is 5.69 Å². The van der Waals surface area contributed by atoms with E-state index in [-0.39, 0.29) is 18.1 Å². The van der Waals surface area contributed by atoms with E-state index >= 15 is 0 Å². The number of carbonyl (C=O) groups excluding carboxylic acids is 1. The molecule has 4 aromatic rings. The number of nitrogens with one attached hydrogen (secondary N) is 1. The third-order valence-corrected chi connectivity index (χ3v) is 4.32. The fourth-order valence-electron chi connectivity index (χ4n) is 3.00. The lowest BCUT2D eigenvalue weighted by Gasteiger charge is -2.09. The number of phenols is 1. The number of aryl methyl sites for hydroxylation is 1. The second kappa shape index (κ2) is 6.03. The molecule has 0 atom stereocenters. The first-order chi connectivity index (χ1) is 12.5. The predicted octanol–water partition coefficient (Wildman–Crippen LogP) is 2.64. The Morgan fingerprint density at radius 3 is 3.00 bits per heavy atom. The summed E-state index contributed by atoms with van der Waals surface area (Å²) in [6.07, 6.45) is 3.31. The highest BCUT2D eigenvalue weighted by Gasteiger charge is 2.16. The number of benzene rings is 1. The second-order valence-electron chi connectivity index (χ2n) is 5.98. The van der Waals surface area contributed by atoms with Crippen molar-refractivity contribution in [3.05, 3.63) is 70.3 Å². The Labute approximate surface area is 147 Å². The van der Waals surface area contributed by atoms with Crippen molar-refractivity contribution in [2.45, 2.75) is 13.3 Å². The van der Waals surface area contributed by atoms with E-state index in [0.717, 1.165) is 5.52 Å². The average Bonchev–Trinajstić information content (AvgIpc) is 3.08. The minimum atomic E-state index is -0.585. The van der Waals surface area contributed by atoms with Crippen LogP contribution in [0, 0.1) is 6.92 Å². The Balaban J connectivity index is 1.66. The number of hydrogen-bond acceptors (Lipinski definition) is 5. The maximum Gasteiger partial charge on any atom is 0.340 e. The SMILES string of the molecule is Cc1c(CC(=O)Nc2cccn3nccc23)c(=O)oc2cc(O)ccc12. The lowest BCUT2D eigenvalue weighted by atomic mass is 10.0. The van der Waals surface area contributed by atoms with E-state index in [1.54, 1.807) is 48.1 Å². The van der Waals surface area contributed by atoms with Crippen molar-refractivity contribution >= 4 is 28.1 Å². The van der Waals surface area contributed by atoms with Gasteiger partial charge in [0.05, 0.1) is 29.4 Å². The summed E-state index contributed by atoms with van der Waals surface area (Å²) in [7, 11) is 0. The largest absolute Gasteiger partial charge is 0.508 e. The molecule has 0 aliphatic rings. The van der Waals surface area contributed by atoms with Gasteiger partial charge in [0, 0.05) is 17.6 Å². The zero-order valence-corrected chi connectivity index (χ0v) is 13.9. The van der Waals surface area contributed by atoms with Crippen molar-refractivity contribution in [3.8, 4) is 5.75 Å². The highest BCUT2D eigenvalue weighted by molar-refractivity contribution is 5.96. The van der Waals surface area contributed by atoms with E-state index in [9.17, 15) is 14.7 Å². The Hall–Kier alpha value is -3.61. The molecule has 1 aromatic carbocycles. The molecule has 0 spiro atoms. The van der Waals surface area contributed by atoms with E-state index in [1.165, 1.54) is 12.1 Å². The van der Waals surface area contributed by atoms with E-state index in [1.807, 2.05) is 0 Å². The fourth-order valence-corrected chi connectivity index (χ4v) is 3.00. The number of carbonyl (C=O) groups is 1. The number of phenolic OH excluding ortho intramolecular Hbond substituents is 1. The zero-order chi connectivity index (χ0) is 18.3. The minimum absolute atomic E-state index is 0.0134. The fraction of sp³-hybridized carbons (Fsp3) is 0.105. The van der Waals surface area contributed by atoms with Crippen molar-refractivity contribution in [2.75, 3.05) is 5.32 Å². The molecule has 0 saturated heterocycles. The molecule has 7 heteroatoms. The average molecular weight is 349 g/mol. The summed E-state index contributed by atoms with van der Waals surface area (Å²) in [5, 5.41) is 17.1. The standard InChI is InChI=1S/C19H15N3O4/c1-11-13-5-4-12(23)9-17(13)26-19(25)14(11)10-18(24)21-15-3-2-8-22-16(15)6-7-20-22/h2-9,23H,10H2,1H3,(H,21,24). The highest BCUT2D eigenvalue weighted by Crippen LogP contribution is 2.24. The Morgan fingerprint density at radius 2 is 2.15 bits per heavy atom. The van der Waals surface area contributed by atoms with Crippen molar-refractivity contribution in [3.63, 3.8) is 0 Å². The maximum atomic E-state index is 12.5. The van der Waals surface area contributed by atoms with Gasteiger partial charge in [0.2, 0.25) is 5.91 Å². The van der Waals surface area contributed by atoms with Gasteiger partial charge in [-0.2, -0.15) is 5.10 Å². The van der Waals surface area contributed by atoms with Crippen LogP contribution >= 0.6 is 0 Å². The molecular formula is C19H15N3O4. The van der Waals surface area contributed by atoms with Crippen LogP contribution in [0.5, 0.6) is 5.75 Å². The van der Waals surface area contributed by atoms with Crippen molar-refractivity contribution in [2.24, 2.45) is 0 Å². The van der Waals surface area contributed by atoms with Crippen LogP contribution in [0.3, 0.4) is 0 Å². The van der Waals surface area contributed by atoms with Crippen LogP contribution in [0.1, 0.15) is 11.1 Å². The minimum Gasteiger partial charge on any atom is -0.508 e. The Bertz CT molecular complexity index is 1210. The van der Waals surface area contributed by atoms with Crippen molar-refractivity contribution in [1.29, 1.82) is 0 Å². The van der Waals surface area contributed by atoms with Gasteiger partial charge in [-0.15, -0.1) is 0 Å². The van der Waals surface area contributed by atoms with Gasteiger partial charge in [0.15, 0.2) is 0 Å². The summed E-state index contributed by atoms with van der Waals surface area (Å²) < 4.78 is 6.90. The molecule has 130 valence electrons. The van der Waals surface area contributed by atoms with Gasteiger partial charge in [0.25, 0.3) is 0 Å². The van der Waals surface area contributed by atoms with Gasteiger partial charge in [-0.1, -0.05) is 0 Å². The molecule has 0 bridgehead atoms. The van der Waals surface area contributed by atoms with Crippen LogP contribution in [0.2, 0.25) is 0 Å². The molecule has 3 heterocycles. The summed E-state index contributed by atoms with van der Waals surface area (Å²) in [5.74, 6) is -0.313. The van der Waals surface area contributed by atoms with Crippen molar-refractivity contribution in [1.82, 2.24) is 9.61 Å². The first kappa shape index (κ1) is 15.9. The van der Waals surface area contributed by atoms with Gasteiger partial charge in [0.1, 0.15) is 11.3 Å². The summed E-state index contributed by atoms with van der Waals surface area (Å²) in [4.78, 5) is 24.8. The van der Waals surface area contributed by atoms with E-state index < -0.39 is 5.63 Å². The predicted molar refractivity (Wildman–Crippen MR) is 96.4 cm³/mol. The normalized spacial score (nSPS) is 11.1. The number of rotatable bonds is 3. The van der Waals surface area contributed by atoms with Crippen LogP contribution in [-0.2, 0) is 11.2 Å². The molecule has 0 unspecified atom stereocenters. The van der Waals surface area contributed by atoms with Crippen molar-refractivity contribution < 1.29 is 14.3 Å². The molecule has 1 amide bonds. The highest BCUT2D eigenvalue weighted by atomic mass is 16.4. The van der Waals surface area contributed by atoms with Crippen LogP contribution < -0.4 is 10.9 Å². The van der Waals surface area contributed by atoms with Gasteiger partial charge in [-0.05, 0) is 42.8 Å². The lowest BCUT2D eigenvalue weighted by Crippen LogP contribution is -2.21. The second-order valence-corrected chi connectivity index (χ2v) is 5.98. The number of fused-ring (bicyclic) bond motifs is 2. The molecule has 0 fully saturated rings. The smallest absolute Gasteiger partial charge is 0.340 e. The lowest BCUT2D eigenvalue weighted by molar-refractivity contribution is -0.115. The van der Waals surface area contributed by atoms with Gasteiger partial charge in [-0.25, -0.2) is 9.31 Å². The molecule has 3 aromatic heterocycles. The number of hydrogen-bond donors (Lipinski definition) is 2. The first-order valence-electron chi connectivity index (χ1n) is 8.00. The van der Waals surface area contributed by atoms with Crippen LogP contribution in [0.25, 0.3) is 16.5 Å². The monoisotopic (exact) mass is 349 g/mol. The van der Waals surface area contributed by atoms with Gasteiger partial charge in [-0.3, -0.25) is 4.79 Å². The van der Waals surface area contributed by atoms with E-state index in [2.05, 4.69) is 10.4 Å². The molecule has 0 aliphatic carbocycles. The zero-order valence-electron chi connectivity index (χ0n) is 13.9. The quantitative estimate of drug-likeness (QED) is 0.554. The summed E-state index contributed by atoms with van der Waals surface area (Å²) >= 11 is 0. The number of anilines is 1. The molecule has 26 heavy (non-hydrogen) atoms. The number of pyridine rings is 1. The Kier molecular flexibility index (Phi) is 3.69. The number of amides is 1. The number of nitrogens with zero attached hydrogens (tertiary/aromatic N) is 2. The third-order valence-electron chi connectivity index (χ3n) is 4.32. The maximum absolute atomic E-state index is 12.5. The van der Waals surface area contributed by atoms with E-state index in [0.29, 0.717) is 27.8 Å². The summed E-state index contributed by atoms with van der Waals surface area (Å²) in [6, 6.07) is 9.90. The molecule has 4 rings (SSSR count). The molecule has 0 aliphatic heterocycles. The van der Waals surface area contributed by atoms with E-state index in [4.69, 9.17) is 4.42 Å². The summed E-state index contributed by atoms with van der Waals surface area (Å²) in [6.45, 7) is 1.76.